The van der Waals surface area contributed by atoms with E-state index in [9.17, 15) is 0 Å². The van der Waals surface area contributed by atoms with Crippen LogP contribution >= 0.6 is 0 Å². The lowest BCUT2D eigenvalue weighted by Crippen LogP contribution is -2.45. The number of nitrogens with one attached hydrogen (secondary N) is 1. The molecule has 1 aromatic heterocycles. The number of amidine groups is 1. The van der Waals surface area contributed by atoms with Gasteiger partial charge in [0.2, 0.25) is 5.84 Å². The highest BCUT2D eigenvalue weighted by Crippen LogP contribution is 2.15. The van der Waals surface area contributed by atoms with Crippen LogP contribution in [-0.4, -0.2) is 45.6 Å². The highest BCUT2D eigenvalue weighted by molar-refractivity contribution is 5.79. The first kappa shape index (κ1) is 10.1. The average Bonchev–Trinajstić information content (AvgIpc) is 2.79. The number of aromatic nitrogens is 2. The van der Waals surface area contributed by atoms with Crippen LogP contribution in [0, 0.1) is 0 Å². The number of aliphatic imine (C=N–C) groups is 1. The third-order valence-electron chi connectivity index (χ3n) is 2.65. The zero-order valence-corrected chi connectivity index (χ0v) is 8.72. The molecule has 0 aliphatic carbocycles. The molecular formula is C10H15N4O+. The Hall–Kier alpha value is -1.46. The van der Waals surface area contributed by atoms with Crippen molar-refractivity contribution in [3.8, 4) is 0 Å². The van der Waals surface area contributed by atoms with Gasteiger partial charge in [0.1, 0.15) is 25.0 Å². The fourth-order valence-corrected chi connectivity index (χ4v) is 1.67. The number of aromatic amines is 1. The van der Waals surface area contributed by atoms with E-state index in [1.807, 2.05) is 13.2 Å². The van der Waals surface area contributed by atoms with E-state index in [0.29, 0.717) is 17.4 Å². The van der Waals surface area contributed by atoms with Gasteiger partial charge in [0.25, 0.3) is 0 Å². The number of likely N-dealkylation sites (N-methyl/N-ethyl adjacent to an activating group) is 1. The summed E-state index contributed by atoms with van der Waals surface area (Å²) in [6.07, 6.45) is 7.99. The largest absolute Gasteiger partial charge is 0.390 e. The second kappa shape index (κ2) is 3.96. The van der Waals surface area contributed by atoms with Crippen LogP contribution in [-0.2, 0) is 6.42 Å². The lowest BCUT2D eigenvalue weighted by atomic mass is 10.3. The zero-order valence-electron chi connectivity index (χ0n) is 8.72. The molecule has 2 rings (SSSR count). The molecule has 0 saturated carbocycles. The van der Waals surface area contributed by atoms with Crippen molar-refractivity contribution in [3.05, 3.63) is 30.6 Å². The first-order chi connectivity index (χ1) is 7.24. The minimum Gasteiger partial charge on any atom is -0.390 e. The Bertz CT molecular complexity index is 382. The molecule has 2 N–H and O–H groups in total. The Morgan fingerprint density at radius 1 is 1.53 bits per heavy atom. The van der Waals surface area contributed by atoms with E-state index in [2.05, 4.69) is 15.0 Å². The molecule has 0 fully saturated rings. The van der Waals surface area contributed by atoms with Crippen molar-refractivity contribution in [1.29, 1.82) is 0 Å². The standard InChI is InChI=1S/C10H15N4O/c1-14(6-7-15)5-4-13-10(14)8-9-11-2-3-12-9/h2-5,15H,6-8H2,1H3,(H,11,12)/q+1. The van der Waals surface area contributed by atoms with Gasteiger partial charge in [-0.1, -0.05) is 0 Å². The number of quaternary nitrogens is 1. The summed E-state index contributed by atoms with van der Waals surface area (Å²) in [5.41, 5.74) is 0. The van der Waals surface area contributed by atoms with Gasteiger partial charge in [-0.05, 0) is 0 Å². The molecule has 0 saturated heterocycles. The van der Waals surface area contributed by atoms with Gasteiger partial charge in [-0.15, -0.1) is 0 Å². The van der Waals surface area contributed by atoms with E-state index in [1.54, 1.807) is 18.6 Å². The molecule has 1 atom stereocenters. The molecule has 0 bridgehead atoms. The smallest absolute Gasteiger partial charge is 0.215 e. The van der Waals surface area contributed by atoms with Crippen LogP contribution in [0.5, 0.6) is 0 Å². The number of H-pyrrole nitrogens is 1. The van der Waals surface area contributed by atoms with Gasteiger partial charge >= 0.3 is 0 Å². The normalized spacial score (nSPS) is 24.5. The van der Waals surface area contributed by atoms with Crippen molar-refractivity contribution in [3.63, 3.8) is 0 Å². The SMILES string of the molecule is C[N+]1(CCO)C=CN=C1Cc1ncc[nH]1. The monoisotopic (exact) mass is 207 g/mol. The summed E-state index contributed by atoms with van der Waals surface area (Å²) in [5, 5.41) is 9.01. The van der Waals surface area contributed by atoms with Gasteiger partial charge in [0.05, 0.1) is 19.9 Å². The molecule has 0 amide bonds. The fraction of sp³-hybridized carbons (Fsp3) is 0.400. The van der Waals surface area contributed by atoms with Gasteiger partial charge in [-0.3, -0.25) is 4.48 Å². The predicted molar refractivity (Wildman–Crippen MR) is 57.0 cm³/mol. The molecule has 0 spiro atoms. The zero-order chi connectivity index (χ0) is 10.7. The first-order valence-electron chi connectivity index (χ1n) is 4.94. The minimum atomic E-state index is 0.151. The van der Waals surface area contributed by atoms with Gasteiger partial charge in [0, 0.05) is 12.4 Å². The number of aliphatic hydroxyl groups excluding tert-OH is 1. The van der Waals surface area contributed by atoms with Crippen molar-refractivity contribution >= 4 is 5.84 Å². The third-order valence-corrected chi connectivity index (χ3v) is 2.65. The number of aliphatic hydroxyl groups is 1. The summed E-state index contributed by atoms with van der Waals surface area (Å²) >= 11 is 0. The second-order valence-electron chi connectivity index (χ2n) is 3.77. The van der Waals surface area contributed by atoms with Crippen molar-refractivity contribution in [2.75, 3.05) is 20.2 Å². The van der Waals surface area contributed by atoms with Crippen LogP contribution in [0.25, 0.3) is 0 Å². The third kappa shape index (κ3) is 1.98. The second-order valence-corrected chi connectivity index (χ2v) is 3.77. The molecule has 5 heteroatoms. The molecule has 0 radical (unpaired) electrons. The van der Waals surface area contributed by atoms with Crippen LogP contribution in [0.15, 0.2) is 29.8 Å². The van der Waals surface area contributed by atoms with Crippen LogP contribution in [0.4, 0.5) is 0 Å². The maximum absolute atomic E-state index is 9.01. The Labute approximate surface area is 88.4 Å². The molecule has 0 aromatic carbocycles. The Kier molecular flexibility index (Phi) is 2.66. The number of hydrogen-bond donors (Lipinski definition) is 2. The summed E-state index contributed by atoms with van der Waals surface area (Å²) < 4.78 is 0.567. The number of nitrogens with zero attached hydrogens (tertiary/aromatic N) is 3. The molecule has 15 heavy (non-hydrogen) atoms. The van der Waals surface area contributed by atoms with E-state index in [1.165, 1.54) is 0 Å². The maximum atomic E-state index is 9.01. The van der Waals surface area contributed by atoms with Gasteiger partial charge < -0.3 is 10.1 Å². The van der Waals surface area contributed by atoms with Crippen LogP contribution in [0.1, 0.15) is 5.82 Å². The van der Waals surface area contributed by atoms with Crippen molar-refractivity contribution in [2.45, 2.75) is 6.42 Å². The highest BCUT2D eigenvalue weighted by Gasteiger charge is 2.30. The van der Waals surface area contributed by atoms with Crippen LogP contribution in [0.3, 0.4) is 0 Å². The molecule has 5 nitrogen and oxygen atoms in total. The van der Waals surface area contributed by atoms with Gasteiger partial charge in [-0.2, -0.15) is 0 Å². The Morgan fingerprint density at radius 3 is 3.07 bits per heavy atom. The summed E-state index contributed by atoms with van der Waals surface area (Å²) in [6, 6.07) is 0. The van der Waals surface area contributed by atoms with Crippen molar-refractivity contribution in [1.82, 2.24) is 9.97 Å². The quantitative estimate of drug-likeness (QED) is 0.696. The molecule has 1 unspecified atom stereocenters. The average molecular weight is 207 g/mol. The van der Waals surface area contributed by atoms with E-state index in [0.717, 1.165) is 11.7 Å². The fourth-order valence-electron chi connectivity index (χ4n) is 1.67. The minimum absolute atomic E-state index is 0.151. The Morgan fingerprint density at radius 2 is 2.40 bits per heavy atom. The van der Waals surface area contributed by atoms with Crippen molar-refractivity contribution in [2.24, 2.45) is 4.99 Å². The maximum Gasteiger partial charge on any atom is 0.215 e. The lowest BCUT2D eigenvalue weighted by molar-refractivity contribution is -0.765. The Balaban J connectivity index is 2.10. The number of imidazole rings is 1. The predicted octanol–water partition coefficient (Wildman–Crippen LogP) is 0.274. The van der Waals surface area contributed by atoms with E-state index >= 15 is 0 Å². The summed E-state index contributed by atoms with van der Waals surface area (Å²) in [5.74, 6) is 1.90. The molecule has 80 valence electrons. The van der Waals surface area contributed by atoms with Gasteiger partial charge in [0.15, 0.2) is 0 Å². The van der Waals surface area contributed by atoms with Crippen LogP contribution < -0.4 is 0 Å². The van der Waals surface area contributed by atoms with Crippen molar-refractivity contribution < 1.29 is 9.59 Å². The van der Waals surface area contributed by atoms with E-state index < -0.39 is 0 Å². The lowest BCUT2D eigenvalue weighted by Gasteiger charge is -2.26. The van der Waals surface area contributed by atoms with Crippen LogP contribution in [0.2, 0.25) is 0 Å². The molecule has 1 aliphatic heterocycles. The highest BCUT2D eigenvalue weighted by atomic mass is 16.3. The topological polar surface area (TPSA) is 61.3 Å². The molecular weight excluding hydrogens is 192 g/mol. The summed E-state index contributed by atoms with van der Waals surface area (Å²) in [6.45, 7) is 0.800. The van der Waals surface area contributed by atoms with E-state index in [4.69, 9.17) is 5.11 Å². The van der Waals surface area contributed by atoms with Gasteiger partial charge in [-0.25, -0.2) is 9.98 Å². The number of hydrogen-bond acceptors (Lipinski definition) is 3. The summed E-state index contributed by atoms with van der Waals surface area (Å²) in [7, 11) is 2.03. The molecule has 1 aromatic rings. The first-order valence-corrected chi connectivity index (χ1v) is 4.94. The number of rotatable bonds is 4. The van der Waals surface area contributed by atoms with E-state index in [-0.39, 0.29) is 6.61 Å². The molecule has 2 heterocycles. The molecule has 1 aliphatic rings. The summed E-state index contributed by atoms with van der Waals surface area (Å²) in [4.78, 5) is 11.5.